The van der Waals surface area contributed by atoms with E-state index in [1.807, 2.05) is 0 Å². The van der Waals surface area contributed by atoms with E-state index in [9.17, 15) is 13.2 Å². The van der Waals surface area contributed by atoms with Crippen molar-refractivity contribution >= 4 is 6.21 Å². The Kier molecular flexibility index (Phi) is 3.57. The van der Waals surface area contributed by atoms with Crippen LogP contribution < -0.4 is 0 Å². The van der Waals surface area contributed by atoms with Gasteiger partial charge in [0.2, 0.25) is 0 Å². The maximum Gasteiger partial charge on any atom is 0.416 e. The van der Waals surface area contributed by atoms with Crippen LogP contribution in [0.15, 0.2) is 23.8 Å². The molecule has 0 saturated carbocycles. The number of hydrogen-bond acceptors (Lipinski definition) is 1. The van der Waals surface area contributed by atoms with Crippen molar-refractivity contribution < 1.29 is 13.2 Å². The lowest BCUT2D eigenvalue weighted by molar-refractivity contribution is -0.0880. The lowest BCUT2D eigenvalue weighted by atomic mass is 10.2. The van der Waals surface area contributed by atoms with Crippen LogP contribution in [-0.2, 0) is 0 Å². The second-order valence-electron chi connectivity index (χ2n) is 1.79. The van der Waals surface area contributed by atoms with Crippen molar-refractivity contribution in [1.82, 2.24) is 0 Å². The molecule has 4 heteroatoms. The molecule has 0 aliphatic carbocycles. The van der Waals surface area contributed by atoms with Crippen molar-refractivity contribution in [1.29, 1.82) is 5.41 Å². The zero-order chi connectivity index (χ0) is 8.91. The minimum absolute atomic E-state index is 0.614. The molecule has 0 atom stereocenters. The largest absolute Gasteiger partial charge is 0.416 e. The first-order valence-corrected chi connectivity index (χ1v) is 2.93. The van der Waals surface area contributed by atoms with E-state index in [2.05, 4.69) is 0 Å². The van der Waals surface area contributed by atoms with E-state index in [1.54, 1.807) is 0 Å². The Morgan fingerprint density at radius 2 is 1.91 bits per heavy atom. The van der Waals surface area contributed by atoms with Gasteiger partial charge in [0.25, 0.3) is 0 Å². The molecule has 0 unspecified atom stereocenters. The van der Waals surface area contributed by atoms with Gasteiger partial charge in [-0.3, -0.25) is 0 Å². The molecule has 0 saturated heterocycles. The summed E-state index contributed by atoms with van der Waals surface area (Å²) in [6.07, 6.45) is -0.833. The first-order chi connectivity index (χ1) is 5.02. The molecule has 1 nitrogen and oxygen atoms in total. The van der Waals surface area contributed by atoms with Crippen LogP contribution in [0.3, 0.4) is 0 Å². The fourth-order valence-corrected chi connectivity index (χ4v) is 0.514. The van der Waals surface area contributed by atoms with E-state index in [0.29, 0.717) is 12.3 Å². The smallest absolute Gasteiger partial charge is 0.309 e. The molecular formula is C7H8F3N. The molecule has 0 fully saturated rings. The monoisotopic (exact) mass is 163 g/mol. The molecule has 0 bridgehead atoms. The van der Waals surface area contributed by atoms with E-state index in [4.69, 9.17) is 5.41 Å². The summed E-state index contributed by atoms with van der Waals surface area (Å²) in [5, 5.41) is 6.46. The van der Waals surface area contributed by atoms with Gasteiger partial charge in [0.1, 0.15) is 0 Å². The van der Waals surface area contributed by atoms with Gasteiger partial charge in [-0.05, 0) is 13.0 Å². The van der Waals surface area contributed by atoms with E-state index < -0.39 is 11.7 Å². The summed E-state index contributed by atoms with van der Waals surface area (Å²) in [7, 11) is 0. The Hall–Kier alpha value is -1.06. The molecule has 0 aliphatic rings. The van der Waals surface area contributed by atoms with Crippen molar-refractivity contribution in [2.45, 2.75) is 13.1 Å². The van der Waals surface area contributed by atoms with Crippen molar-refractivity contribution in [3.8, 4) is 0 Å². The van der Waals surface area contributed by atoms with Gasteiger partial charge in [0.15, 0.2) is 0 Å². The van der Waals surface area contributed by atoms with Gasteiger partial charge in [0.05, 0.1) is 5.57 Å². The molecule has 0 aliphatic heterocycles. The quantitative estimate of drug-likeness (QED) is 0.478. The Balaban J connectivity index is 4.61. The molecule has 0 amide bonds. The Morgan fingerprint density at radius 3 is 2.18 bits per heavy atom. The topological polar surface area (TPSA) is 23.9 Å². The molecule has 62 valence electrons. The summed E-state index contributed by atoms with van der Waals surface area (Å²) in [6, 6.07) is 0. The third kappa shape index (κ3) is 3.60. The van der Waals surface area contributed by atoms with E-state index >= 15 is 0 Å². The minimum Gasteiger partial charge on any atom is -0.309 e. The van der Waals surface area contributed by atoms with Crippen LogP contribution >= 0.6 is 0 Å². The summed E-state index contributed by atoms with van der Waals surface area (Å²) >= 11 is 0. The standard InChI is InChI=1S/C7H8F3N/c1-2-3-6(4-5-11)7(8,9)10/h2-5,11H,1H3/b3-2?,6-4+,11-5?. The highest BCUT2D eigenvalue weighted by atomic mass is 19.4. The number of allylic oxidation sites excluding steroid dienone is 4. The average Bonchev–Trinajstić information content (AvgIpc) is 1.85. The fourth-order valence-electron chi connectivity index (χ4n) is 0.514. The number of nitrogens with one attached hydrogen (secondary N) is 1. The summed E-state index contributed by atoms with van der Waals surface area (Å²) in [4.78, 5) is 0. The van der Waals surface area contributed by atoms with Gasteiger partial charge in [-0.15, -0.1) is 0 Å². The molecular weight excluding hydrogens is 155 g/mol. The lowest BCUT2D eigenvalue weighted by Gasteiger charge is -2.05. The second-order valence-corrected chi connectivity index (χ2v) is 1.79. The molecule has 0 aromatic rings. The molecule has 0 rings (SSSR count). The van der Waals surface area contributed by atoms with Crippen molar-refractivity contribution in [3.63, 3.8) is 0 Å². The fraction of sp³-hybridized carbons (Fsp3) is 0.286. The van der Waals surface area contributed by atoms with E-state index in [1.165, 1.54) is 13.0 Å². The molecule has 0 aromatic carbocycles. The van der Waals surface area contributed by atoms with Crippen LogP contribution in [0.5, 0.6) is 0 Å². The van der Waals surface area contributed by atoms with Crippen LogP contribution in [0.1, 0.15) is 6.92 Å². The van der Waals surface area contributed by atoms with Crippen LogP contribution in [0.4, 0.5) is 13.2 Å². The van der Waals surface area contributed by atoms with Crippen molar-refractivity contribution in [3.05, 3.63) is 23.8 Å². The normalized spacial score (nSPS) is 14.0. The number of halogens is 3. The van der Waals surface area contributed by atoms with Crippen LogP contribution in [0.25, 0.3) is 0 Å². The minimum atomic E-state index is -4.36. The van der Waals surface area contributed by atoms with Crippen LogP contribution in [-0.4, -0.2) is 12.4 Å². The molecule has 0 aromatic heterocycles. The molecule has 11 heavy (non-hydrogen) atoms. The van der Waals surface area contributed by atoms with Gasteiger partial charge in [0, 0.05) is 6.21 Å². The first kappa shape index (κ1) is 9.94. The Labute approximate surface area is 62.7 Å². The molecule has 0 spiro atoms. The lowest BCUT2D eigenvalue weighted by Crippen LogP contribution is -2.09. The molecule has 1 N–H and O–H groups in total. The Bertz CT molecular complexity index is 188. The predicted octanol–water partition coefficient (Wildman–Crippen LogP) is 2.70. The van der Waals surface area contributed by atoms with Crippen molar-refractivity contribution in [2.24, 2.45) is 0 Å². The van der Waals surface area contributed by atoms with E-state index in [0.717, 1.165) is 6.08 Å². The van der Waals surface area contributed by atoms with Gasteiger partial charge in [-0.2, -0.15) is 13.2 Å². The Morgan fingerprint density at radius 1 is 1.36 bits per heavy atom. The van der Waals surface area contributed by atoms with Gasteiger partial charge < -0.3 is 5.41 Å². The second kappa shape index (κ2) is 3.95. The maximum absolute atomic E-state index is 11.9. The number of rotatable bonds is 2. The molecule has 0 heterocycles. The third-order valence-corrected chi connectivity index (χ3v) is 0.936. The number of alkyl halides is 3. The van der Waals surface area contributed by atoms with E-state index in [-0.39, 0.29) is 0 Å². The summed E-state index contributed by atoms with van der Waals surface area (Å²) in [5.74, 6) is 0. The number of hydrogen-bond donors (Lipinski definition) is 1. The summed E-state index contributed by atoms with van der Waals surface area (Å²) in [6.45, 7) is 1.49. The third-order valence-electron chi connectivity index (χ3n) is 0.936. The zero-order valence-corrected chi connectivity index (χ0v) is 5.94. The maximum atomic E-state index is 11.9. The highest BCUT2D eigenvalue weighted by Crippen LogP contribution is 2.25. The highest BCUT2D eigenvalue weighted by Gasteiger charge is 2.30. The zero-order valence-electron chi connectivity index (χ0n) is 5.94. The van der Waals surface area contributed by atoms with Gasteiger partial charge >= 0.3 is 6.18 Å². The summed E-state index contributed by atoms with van der Waals surface area (Å²) in [5.41, 5.74) is -0.810. The van der Waals surface area contributed by atoms with Gasteiger partial charge in [-0.1, -0.05) is 12.2 Å². The summed E-state index contributed by atoms with van der Waals surface area (Å²) < 4.78 is 35.6. The SMILES string of the molecule is CC=C/C(=C\C=N)C(F)(F)F. The average molecular weight is 163 g/mol. The van der Waals surface area contributed by atoms with Crippen LogP contribution in [0, 0.1) is 5.41 Å². The van der Waals surface area contributed by atoms with Crippen molar-refractivity contribution in [2.75, 3.05) is 0 Å². The first-order valence-electron chi connectivity index (χ1n) is 2.93. The highest BCUT2D eigenvalue weighted by molar-refractivity contribution is 5.70. The predicted molar refractivity (Wildman–Crippen MR) is 37.7 cm³/mol. The van der Waals surface area contributed by atoms with Crippen LogP contribution in [0.2, 0.25) is 0 Å². The molecule has 0 radical (unpaired) electrons. The van der Waals surface area contributed by atoms with Gasteiger partial charge in [-0.25, -0.2) is 0 Å².